The summed E-state index contributed by atoms with van der Waals surface area (Å²) in [6, 6.07) is 3.62. The van der Waals surface area contributed by atoms with Crippen LogP contribution >= 0.6 is 0 Å². The Hall–Kier alpha value is -2.14. The van der Waals surface area contributed by atoms with E-state index in [-0.39, 0.29) is 0 Å². The molecule has 110 valence electrons. The minimum atomic E-state index is -0.577. The van der Waals surface area contributed by atoms with Gasteiger partial charge in [-0.25, -0.2) is 13.8 Å². The number of hydroxylamine groups is 2. The molecule has 0 unspecified atom stereocenters. The van der Waals surface area contributed by atoms with E-state index < -0.39 is 11.6 Å². The largest absolute Gasteiger partial charge is 0.361 e. The second-order valence-electron chi connectivity index (χ2n) is 5.17. The number of halogens is 2. The van der Waals surface area contributed by atoms with Gasteiger partial charge in [-0.05, 0) is 24.1 Å². The number of fused-ring (bicyclic) bond motifs is 1. The molecule has 5 heteroatoms. The first-order valence-corrected chi connectivity index (χ1v) is 6.87. The van der Waals surface area contributed by atoms with Gasteiger partial charge < -0.3 is 4.90 Å². The molecule has 0 atom stereocenters. The molecule has 0 saturated heterocycles. The number of nitrogens with zero attached hydrogens (tertiary/aromatic N) is 2. The molecule has 1 aromatic carbocycles. The van der Waals surface area contributed by atoms with E-state index in [1.165, 1.54) is 17.7 Å². The van der Waals surface area contributed by atoms with Crippen LogP contribution < -0.4 is 0 Å². The van der Waals surface area contributed by atoms with Gasteiger partial charge in [-0.2, -0.15) is 0 Å². The molecule has 0 aliphatic carbocycles. The van der Waals surface area contributed by atoms with Crippen molar-refractivity contribution < 1.29 is 14.0 Å². The maximum Gasteiger partial charge on any atom is 0.131 e. The van der Waals surface area contributed by atoms with Crippen LogP contribution in [0.1, 0.15) is 18.9 Å². The molecule has 2 heterocycles. The molecule has 1 N–H and O–H groups in total. The fraction of sp³-hybridized carbons (Fsp3) is 0.250. The molecule has 2 aliphatic heterocycles. The lowest BCUT2D eigenvalue weighted by molar-refractivity contribution is 0.00775. The third kappa shape index (κ3) is 2.56. The zero-order chi connectivity index (χ0) is 15.0. The van der Waals surface area contributed by atoms with E-state index in [0.29, 0.717) is 18.7 Å². The fourth-order valence-electron chi connectivity index (χ4n) is 2.72. The van der Waals surface area contributed by atoms with E-state index in [9.17, 15) is 14.0 Å². The SMILES string of the molecule is CCC1=C2C=CN(O)C=C2N(Cc2ccc(F)cc2F)C1. The second kappa shape index (κ2) is 5.33. The van der Waals surface area contributed by atoms with Gasteiger partial charge in [0.05, 0.1) is 11.9 Å². The number of benzene rings is 1. The Labute approximate surface area is 122 Å². The third-order valence-electron chi connectivity index (χ3n) is 3.83. The zero-order valence-electron chi connectivity index (χ0n) is 11.7. The van der Waals surface area contributed by atoms with Gasteiger partial charge in [-0.3, -0.25) is 5.21 Å². The van der Waals surface area contributed by atoms with Gasteiger partial charge in [-0.1, -0.05) is 13.0 Å². The lowest BCUT2D eigenvalue weighted by atomic mass is 10.1. The van der Waals surface area contributed by atoms with Crippen molar-refractivity contribution in [2.24, 2.45) is 0 Å². The lowest BCUT2D eigenvalue weighted by Gasteiger charge is -2.24. The molecule has 0 radical (unpaired) electrons. The molecule has 0 fully saturated rings. The minimum Gasteiger partial charge on any atom is -0.361 e. The summed E-state index contributed by atoms with van der Waals surface area (Å²) in [5.74, 6) is -1.12. The maximum absolute atomic E-state index is 13.8. The Bertz CT molecular complexity index is 664. The number of hydrogen-bond donors (Lipinski definition) is 1. The summed E-state index contributed by atoms with van der Waals surface area (Å²) >= 11 is 0. The van der Waals surface area contributed by atoms with Crippen molar-refractivity contribution in [3.05, 3.63) is 70.7 Å². The second-order valence-corrected chi connectivity index (χ2v) is 5.17. The Morgan fingerprint density at radius 1 is 1.29 bits per heavy atom. The van der Waals surface area contributed by atoms with Crippen LogP contribution in [-0.4, -0.2) is 21.7 Å². The van der Waals surface area contributed by atoms with Gasteiger partial charge in [0.15, 0.2) is 0 Å². The van der Waals surface area contributed by atoms with Crippen molar-refractivity contribution in [1.82, 2.24) is 9.96 Å². The molecule has 3 rings (SSSR count). The summed E-state index contributed by atoms with van der Waals surface area (Å²) in [7, 11) is 0. The zero-order valence-corrected chi connectivity index (χ0v) is 11.7. The molecule has 21 heavy (non-hydrogen) atoms. The van der Waals surface area contributed by atoms with Crippen molar-refractivity contribution in [2.45, 2.75) is 19.9 Å². The number of rotatable bonds is 3. The van der Waals surface area contributed by atoms with Crippen LogP contribution in [-0.2, 0) is 6.54 Å². The molecule has 0 aromatic heterocycles. The highest BCUT2D eigenvalue weighted by Gasteiger charge is 2.27. The maximum atomic E-state index is 13.8. The summed E-state index contributed by atoms with van der Waals surface area (Å²) in [6.45, 7) is 3.10. The van der Waals surface area contributed by atoms with E-state index in [2.05, 4.69) is 6.92 Å². The monoisotopic (exact) mass is 290 g/mol. The first kappa shape index (κ1) is 13.8. The van der Waals surface area contributed by atoms with Crippen LogP contribution in [0.5, 0.6) is 0 Å². The fourth-order valence-corrected chi connectivity index (χ4v) is 2.72. The highest BCUT2D eigenvalue weighted by atomic mass is 19.1. The van der Waals surface area contributed by atoms with Crippen molar-refractivity contribution in [3.63, 3.8) is 0 Å². The summed E-state index contributed by atoms with van der Waals surface area (Å²) in [6.07, 6.45) is 5.94. The molecular weight excluding hydrogens is 274 g/mol. The Morgan fingerprint density at radius 3 is 2.81 bits per heavy atom. The standard InChI is InChI=1S/C16H16F2N2O/c1-2-11-8-19(16-10-20(21)6-5-14(11)16)9-12-3-4-13(17)7-15(12)18/h3-7,10,21H,2,8-9H2,1H3. The average Bonchev–Trinajstić information content (AvgIpc) is 2.79. The normalized spacial score (nSPS) is 17.4. The van der Waals surface area contributed by atoms with Crippen LogP contribution in [0.3, 0.4) is 0 Å². The van der Waals surface area contributed by atoms with Gasteiger partial charge in [0.2, 0.25) is 0 Å². The quantitative estimate of drug-likeness (QED) is 0.922. The summed E-state index contributed by atoms with van der Waals surface area (Å²) < 4.78 is 26.8. The Morgan fingerprint density at radius 2 is 2.10 bits per heavy atom. The topological polar surface area (TPSA) is 26.7 Å². The summed E-state index contributed by atoms with van der Waals surface area (Å²) in [5, 5.41) is 10.6. The van der Waals surface area contributed by atoms with Crippen molar-refractivity contribution in [3.8, 4) is 0 Å². The first-order valence-electron chi connectivity index (χ1n) is 6.87. The van der Waals surface area contributed by atoms with Crippen LogP contribution in [0.25, 0.3) is 0 Å². The predicted molar refractivity (Wildman–Crippen MR) is 74.9 cm³/mol. The van der Waals surface area contributed by atoms with Crippen molar-refractivity contribution >= 4 is 0 Å². The van der Waals surface area contributed by atoms with Gasteiger partial charge in [-0.15, -0.1) is 0 Å². The van der Waals surface area contributed by atoms with E-state index in [1.54, 1.807) is 12.4 Å². The van der Waals surface area contributed by atoms with Gasteiger partial charge >= 0.3 is 0 Å². The summed E-state index contributed by atoms with van der Waals surface area (Å²) in [4.78, 5) is 1.98. The lowest BCUT2D eigenvalue weighted by Crippen LogP contribution is -2.23. The molecular formula is C16H16F2N2O. The molecule has 0 bridgehead atoms. The highest BCUT2D eigenvalue weighted by Crippen LogP contribution is 2.34. The van der Waals surface area contributed by atoms with Crippen LogP contribution in [0.4, 0.5) is 8.78 Å². The van der Waals surface area contributed by atoms with Crippen molar-refractivity contribution in [2.75, 3.05) is 6.54 Å². The van der Waals surface area contributed by atoms with Crippen LogP contribution in [0.15, 0.2) is 53.5 Å². The predicted octanol–water partition coefficient (Wildman–Crippen LogP) is 3.55. The Kier molecular flexibility index (Phi) is 3.51. The molecule has 2 aliphatic rings. The molecule has 0 amide bonds. The highest BCUT2D eigenvalue weighted by molar-refractivity contribution is 5.49. The molecule has 3 nitrogen and oxygen atoms in total. The van der Waals surface area contributed by atoms with E-state index in [0.717, 1.165) is 28.8 Å². The van der Waals surface area contributed by atoms with E-state index >= 15 is 0 Å². The Balaban J connectivity index is 1.88. The van der Waals surface area contributed by atoms with Gasteiger partial charge in [0, 0.05) is 36.5 Å². The van der Waals surface area contributed by atoms with E-state index in [4.69, 9.17) is 0 Å². The summed E-state index contributed by atoms with van der Waals surface area (Å²) in [5.41, 5.74) is 3.62. The first-order chi connectivity index (χ1) is 10.1. The van der Waals surface area contributed by atoms with Gasteiger partial charge in [0.1, 0.15) is 11.6 Å². The third-order valence-corrected chi connectivity index (χ3v) is 3.83. The smallest absolute Gasteiger partial charge is 0.131 e. The number of allylic oxidation sites excluding steroid dienone is 1. The van der Waals surface area contributed by atoms with Crippen LogP contribution in [0, 0.1) is 11.6 Å². The van der Waals surface area contributed by atoms with E-state index in [1.807, 2.05) is 11.0 Å². The minimum absolute atomic E-state index is 0.340. The van der Waals surface area contributed by atoms with Gasteiger partial charge in [0.25, 0.3) is 0 Å². The number of hydrogen-bond acceptors (Lipinski definition) is 3. The molecule has 0 saturated carbocycles. The molecule has 0 spiro atoms. The van der Waals surface area contributed by atoms with Crippen molar-refractivity contribution in [1.29, 1.82) is 0 Å². The van der Waals surface area contributed by atoms with Crippen LogP contribution in [0.2, 0.25) is 0 Å². The molecule has 1 aromatic rings. The average molecular weight is 290 g/mol.